The molecule has 0 bridgehead atoms. The predicted octanol–water partition coefficient (Wildman–Crippen LogP) is 2.67. The Bertz CT molecular complexity index is 384. The zero-order chi connectivity index (χ0) is 9.10. The maximum atomic E-state index is 12.8. The zero-order valence-corrected chi connectivity index (χ0v) is 7.64. The van der Waals surface area contributed by atoms with Crippen molar-refractivity contribution in [3.8, 4) is 0 Å². The molecule has 0 saturated heterocycles. The van der Waals surface area contributed by atoms with Gasteiger partial charge in [0.25, 0.3) is 0 Å². The van der Waals surface area contributed by atoms with E-state index in [1.165, 1.54) is 23.5 Å². The molecule has 3 heteroatoms. The number of halogens is 1. The lowest BCUT2D eigenvalue weighted by atomic mass is 10.1. The second-order valence-corrected chi connectivity index (χ2v) is 3.62. The highest BCUT2D eigenvalue weighted by Gasteiger charge is 1.99. The molecule has 0 spiro atoms. The summed E-state index contributed by atoms with van der Waals surface area (Å²) in [5, 5.41) is 2.76. The molecule has 1 heterocycles. The van der Waals surface area contributed by atoms with Crippen LogP contribution in [0.15, 0.2) is 29.6 Å². The van der Waals surface area contributed by atoms with Crippen LogP contribution in [0.4, 0.5) is 4.39 Å². The zero-order valence-electron chi connectivity index (χ0n) is 6.83. The fraction of sp³-hybridized carbons (Fsp3) is 0.100. The molecule has 1 aromatic heterocycles. The van der Waals surface area contributed by atoms with E-state index in [4.69, 9.17) is 0 Å². The van der Waals surface area contributed by atoms with Gasteiger partial charge in [0.05, 0.1) is 5.01 Å². The van der Waals surface area contributed by atoms with E-state index in [2.05, 4.69) is 11.2 Å². The Morgan fingerprint density at radius 3 is 3.08 bits per heavy atom. The van der Waals surface area contributed by atoms with Gasteiger partial charge >= 0.3 is 0 Å². The van der Waals surface area contributed by atoms with Gasteiger partial charge in [-0.05, 0) is 17.7 Å². The molecule has 2 aromatic rings. The van der Waals surface area contributed by atoms with Gasteiger partial charge in [0, 0.05) is 11.8 Å². The largest absolute Gasteiger partial charge is 0.239 e. The molecule has 0 aliphatic rings. The van der Waals surface area contributed by atoms with E-state index >= 15 is 0 Å². The molecule has 0 N–H and O–H groups in total. The van der Waals surface area contributed by atoms with Crippen LogP contribution >= 0.6 is 11.3 Å². The number of rotatable bonds is 2. The molecular weight excluding hydrogens is 185 g/mol. The SMILES string of the molecule is Fc1cccc(Cc2n[c]cs2)c1. The Kier molecular flexibility index (Phi) is 2.36. The van der Waals surface area contributed by atoms with Gasteiger partial charge in [0.1, 0.15) is 12.0 Å². The first kappa shape index (κ1) is 8.38. The van der Waals surface area contributed by atoms with Crippen LogP contribution < -0.4 is 0 Å². The Balaban J connectivity index is 2.19. The molecule has 0 aliphatic heterocycles. The van der Waals surface area contributed by atoms with E-state index in [1.807, 2.05) is 6.07 Å². The van der Waals surface area contributed by atoms with E-state index in [0.717, 1.165) is 10.6 Å². The van der Waals surface area contributed by atoms with Crippen molar-refractivity contribution < 1.29 is 4.39 Å². The Hall–Kier alpha value is -1.22. The van der Waals surface area contributed by atoms with Crippen molar-refractivity contribution in [1.29, 1.82) is 0 Å². The lowest BCUT2D eigenvalue weighted by molar-refractivity contribution is 0.626. The first-order valence-corrected chi connectivity index (χ1v) is 4.77. The Morgan fingerprint density at radius 1 is 1.46 bits per heavy atom. The first-order chi connectivity index (χ1) is 6.34. The van der Waals surface area contributed by atoms with E-state index in [0.29, 0.717) is 6.42 Å². The minimum absolute atomic E-state index is 0.196. The van der Waals surface area contributed by atoms with Gasteiger partial charge in [-0.1, -0.05) is 12.1 Å². The normalized spacial score (nSPS) is 10.2. The summed E-state index contributed by atoms with van der Waals surface area (Å²) in [5.41, 5.74) is 0.948. The van der Waals surface area contributed by atoms with Gasteiger partial charge in [-0.25, -0.2) is 9.37 Å². The summed E-state index contributed by atoms with van der Waals surface area (Å²) >= 11 is 1.53. The van der Waals surface area contributed by atoms with Crippen molar-refractivity contribution in [3.05, 3.63) is 52.2 Å². The summed E-state index contributed by atoms with van der Waals surface area (Å²) in [6, 6.07) is 6.57. The van der Waals surface area contributed by atoms with Crippen LogP contribution in [-0.4, -0.2) is 4.98 Å². The highest BCUT2D eigenvalue weighted by Crippen LogP contribution is 2.12. The van der Waals surface area contributed by atoms with Gasteiger partial charge in [-0.2, -0.15) is 0 Å². The fourth-order valence-electron chi connectivity index (χ4n) is 1.12. The lowest BCUT2D eigenvalue weighted by Crippen LogP contribution is -1.87. The van der Waals surface area contributed by atoms with Crippen molar-refractivity contribution in [2.24, 2.45) is 0 Å². The summed E-state index contributed by atoms with van der Waals surface area (Å²) in [7, 11) is 0. The summed E-state index contributed by atoms with van der Waals surface area (Å²) in [6.07, 6.45) is 3.43. The second-order valence-electron chi connectivity index (χ2n) is 2.68. The molecule has 0 atom stereocenters. The topological polar surface area (TPSA) is 12.9 Å². The highest BCUT2D eigenvalue weighted by atomic mass is 32.1. The van der Waals surface area contributed by atoms with Crippen LogP contribution in [0, 0.1) is 12.0 Å². The van der Waals surface area contributed by atoms with Crippen LogP contribution in [0.3, 0.4) is 0 Å². The van der Waals surface area contributed by atoms with Crippen LogP contribution in [0.25, 0.3) is 0 Å². The Labute approximate surface area is 79.9 Å². The molecule has 0 fully saturated rings. The first-order valence-electron chi connectivity index (χ1n) is 3.89. The van der Waals surface area contributed by atoms with Crippen LogP contribution in [0.5, 0.6) is 0 Å². The van der Waals surface area contributed by atoms with Gasteiger partial charge in [-0.3, -0.25) is 0 Å². The molecule has 0 unspecified atom stereocenters. The van der Waals surface area contributed by atoms with Gasteiger partial charge in [-0.15, -0.1) is 11.3 Å². The van der Waals surface area contributed by atoms with Crippen molar-refractivity contribution in [1.82, 2.24) is 4.98 Å². The van der Waals surface area contributed by atoms with Crippen LogP contribution in [0.1, 0.15) is 10.6 Å². The van der Waals surface area contributed by atoms with E-state index in [1.54, 1.807) is 11.4 Å². The minimum Gasteiger partial charge on any atom is -0.239 e. The summed E-state index contributed by atoms with van der Waals surface area (Å²) in [4.78, 5) is 4.01. The van der Waals surface area contributed by atoms with Crippen molar-refractivity contribution in [2.45, 2.75) is 6.42 Å². The average molecular weight is 192 g/mol. The lowest BCUT2D eigenvalue weighted by Gasteiger charge is -1.96. The van der Waals surface area contributed by atoms with Crippen molar-refractivity contribution >= 4 is 11.3 Å². The Morgan fingerprint density at radius 2 is 2.38 bits per heavy atom. The monoisotopic (exact) mass is 192 g/mol. The minimum atomic E-state index is -0.196. The van der Waals surface area contributed by atoms with Crippen molar-refractivity contribution in [2.75, 3.05) is 0 Å². The summed E-state index contributed by atoms with van der Waals surface area (Å²) in [6.45, 7) is 0. The van der Waals surface area contributed by atoms with E-state index < -0.39 is 0 Å². The molecular formula is C10H7FNS. The third kappa shape index (κ3) is 2.12. The standard InChI is InChI=1S/C10H7FNS/c11-9-3-1-2-8(6-9)7-10-12-4-5-13-10/h1-3,5-6H,7H2. The van der Waals surface area contributed by atoms with Gasteiger partial charge in [0.2, 0.25) is 0 Å². The quantitative estimate of drug-likeness (QED) is 0.712. The van der Waals surface area contributed by atoms with Gasteiger partial charge < -0.3 is 0 Å². The van der Waals surface area contributed by atoms with Crippen LogP contribution in [0.2, 0.25) is 0 Å². The average Bonchev–Trinajstić information content (AvgIpc) is 2.57. The highest BCUT2D eigenvalue weighted by molar-refractivity contribution is 7.09. The number of nitrogens with zero attached hydrogens (tertiary/aromatic N) is 1. The smallest absolute Gasteiger partial charge is 0.123 e. The molecule has 1 aromatic carbocycles. The maximum Gasteiger partial charge on any atom is 0.123 e. The fourth-order valence-corrected chi connectivity index (χ4v) is 1.72. The molecule has 2 rings (SSSR count). The van der Waals surface area contributed by atoms with E-state index in [9.17, 15) is 4.39 Å². The van der Waals surface area contributed by atoms with Crippen molar-refractivity contribution in [3.63, 3.8) is 0 Å². The third-order valence-corrected chi connectivity index (χ3v) is 2.41. The molecule has 0 aliphatic carbocycles. The molecule has 13 heavy (non-hydrogen) atoms. The molecule has 0 amide bonds. The molecule has 65 valence electrons. The van der Waals surface area contributed by atoms with Crippen LogP contribution in [-0.2, 0) is 6.42 Å². The number of thiazole rings is 1. The predicted molar refractivity (Wildman–Crippen MR) is 50.2 cm³/mol. The summed E-state index contributed by atoms with van der Waals surface area (Å²) in [5.74, 6) is -0.196. The summed E-state index contributed by atoms with van der Waals surface area (Å²) < 4.78 is 12.8. The number of benzene rings is 1. The number of hydrogen-bond donors (Lipinski definition) is 0. The van der Waals surface area contributed by atoms with E-state index in [-0.39, 0.29) is 5.82 Å². The molecule has 1 radical (unpaired) electrons. The second kappa shape index (κ2) is 3.66. The molecule has 1 nitrogen and oxygen atoms in total. The number of hydrogen-bond acceptors (Lipinski definition) is 2. The third-order valence-electron chi connectivity index (χ3n) is 1.68. The maximum absolute atomic E-state index is 12.8. The number of aromatic nitrogens is 1. The molecule has 0 saturated carbocycles. The van der Waals surface area contributed by atoms with Gasteiger partial charge in [0.15, 0.2) is 0 Å².